The van der Waals surface area contributed by atoms with Crippen LogP contribution < -0.4 is 10.6 Å². The quantitative estimate of drug-likeness (QED) is 0.476. The molecule has 0 aromatic carbocycles. The van der Waals surface area contributed by atoms with Gasteiger partial charge in [-0.25, -0.2) is 0 Å². The first-order chi connectivity index (χ1) is 17.6. The molecule has 2 saturated carbocycles. The molecule has 2 heterocycles. The van der Waals surface area contributed by atoms with E-state index in [2.05, 4.69) is 17.6 Å². The number of halogens is 3. The van der Waals surface area contributed by atoms with Crippen molar-refractivity contribution in [2.75, 3.05) is 27.3 Å². The number of nitrogens with zero attached hydrogens (tertiary/aromatic N) is 1. The zero-order valence-electron chi connectivity index (χ0n) is 22.7. The van der Waals surface area contributed by atoms with Crippen LogP contribution >= 0.6 is 0 Å². The van der Waals surface area contributed by atoms with E-state index >= 15 is 0 Å². The largest absolute Gasteiger partial charge is 0.391 e. The van der Waals surface area contributed by atoms with Crippen LogP contribution in [0.25, 0.3) is 0 Å². The minimum Gasteiger partial charge on any atom is -0.385 e. The topological polar surface area (TPSA) is 70.7 Å². The Bertz CT molecular complexity index is 794. The number of methoxy groups -OCH3 is 1. The Morgan fingerprint density at radius 1 is 1.14 bits per heavy atom. The van der Waals surface area contributed by atoms with Gasteiger partial charge in [0.1, 0.15) is 0 Å². The van der Waals surface area contributed by atoms with Gasteiger partial charge in [-0.1, -0.05) is 13.3 Å². The highest BCUT2D eigenvalue weighted by atomic mass is 19.4. The van der Waals surface area contributed by atoms with E-state index in [0.717, 1.165) is 58.1 Å². The van der Waals surface area contributed by atoms with E-state index in [1.165, 1.54) is 0 Å². The number of piperidine rings is 2. The molecule has 2 aliphatic carbocycles. The van der Waals surface area contributed by atoms with Gasteiger partial charge in [-0.15, -0.1) is 0 Å². The van der Waals surface area contributed by atoms with E-state index in [9.17, 15) is 22.8 Å². The Balaban J connectivity index is 1.34. The molecule has 0 aromatic heterocycles. The van der Waals surface area contributed by atoms with Crippen LogP contribution in [0.3, 0.4) is 0 Å². The number of amides is 2. The number of hydrogen-bond acceptors (Lipinski definition) is 4. The van der Waals surface area contributed by atoms with Gasteiger partial charge in [0.25, 0.3) is 0 Å². The van der Waals surface area contributed by atoms with Crippen LogP contribution in [0.4, 0.5) is 13.2 Å². The molecule has 6 nitrogen and oxygen atoms in total. The van der Waals surface area contributed by atoms with E-state index in [1.807, 2.05) is 11.9 Å². The Labute approximate surface area is 219 Å². The summed E-state index contributed by atoms with van der Waals surface area (Å²) in [5.41, 5.74) is 0. The molecule has 9 heteroatoms. The average Bonchev–Trinajstić information content (AvgIpc) is 2.87. The van der Waals surface area contributed by atoms with Gasteiger partial charge in [0.15, 0.2) is 0 Å². The highest BCUT2D eigenvalue weighted by Crippen LogP contribution is 2.44. The number of rotatable bonds is 7. The summed E-state index contributed by atoms with van der Waals surface area (Å²) < 4.78 is 44.9. The lowest BCUT2D eigenvalue weighted by Crippen LogP contribution is -2.60. The molecule has 4 aliphatic rings. The molecule has 2 aliphatic heterocycles. The van der Waals surface area contributed by atoms with Crippen LogP contribution in [0.2, 0.25) is 0 Å². The van der Waals surface area contributed by atoms with Gasteiger partial charge in [0, 0.05) is 57.3 Å². The summed E-state index contributed by atoms with van der Waals surface area (Å²) in [5.74, 6) is -1.00. The van der Waals surface area contributed by atoms with Crippen molar-refractivity contribution in [2.24, 2.45) is 35.5 Å². The molecule has 0 spiro atoms. The Morgan fingerprint density at radius 3 is 2.65 bits per heavy atom. The summed E-state index contributed by atoms with van der Waals surface area (Å²) in [7, 11) is 3.68. The molecule has 0 aromatic rings. The van der Waals surface area contributed by atoms with E-state index < -0.39 is 18.0 Å². The third kappa shape index (κ3) is 6.81. The molecule has 4 rings (SSSR count). The predicted octanol–water partition coefficient (Wildman–Crippen LogP) is 4.53. The van der Waals surface area contributed by atoms with Crippen molar-refractivity contribution in [2.45, 2.75) is 102 Å². The molecule has 2 amide bonds. The second-order valence-corrected chi connectivity index (χ2v) is 12.4. The van der Waals surface area contributed by atoms with Gasteiger partial charge in [-0.2, -0.15) is 13.2 Å². The SMILES string of the molecule is COCCCC1CC2C(CN1)CC(C1CC(NC(=O)C3CCCC(C(F)(F)F)C3)CCC1C)C(=O)N2C. The number of fused-ring (bicyclic) bond motifs is 1. The lowest BCUT2D eigenvalue weighted by Gasteiger charge is -2.50. The molecule has 0 radical (unpaired) electrons. The number of hydrogen-bond donors (Lipinski definition) is 2. The van der Waals surface area contributed by atoms with Crippen LogP contribution in [0.1, 0.15) is 77.6 Å². The normalized spacial score (nSPS) is 39.2. The maximum Gasteiger partial charge on any atom is 0.391 e. The number of likely N-dealkylation sites (tertiary alicyclic amines) is 1. The molecule has 0 bridgehead atoms. The van der Waals surface area contributed by atoms with Gasteiger partial charge in [-0.3, -0.25) is 9.59 Å². The van der Waals surface area contributed by atoms with Crippen molar-refractivity contribution in [3.63, 3.8) is 0 Å². The van der Waals surface area contributed by atoms with Crippen molar-refractivity contribution in [3.8, 4) is 0 Å². The van der Waals surface area contributed by atoms with Crippen molar-refractivity contribution in [1.82, 2.24) is 15.5 Å². The predicted molar refractivity (Wildman–Crippen MR) is 136 cm³/mol. The molecule has 37 heavy (non-hydrogen) atoms. The lowest BCUT2D eigenvalue weighted by atomic mass is 9.65. The van der Waals surface area contributed by atoms with E-state index in [0.29, 0.717) is 30.7 Å². The maximum absolute atomic E-state index is 13.6. The fraction of sp³-hybridized carbons (Fsp3) is 0.929. The van der Waals surface area contributed by atoms with Crippen LogP contribution in [0.15, 0.2) is 0 Å². The standard InChI is InChI=1S/C28H46F3N3O3/c1-17-9-10-22(33-26(35)18-6-4-7-20(12-18)28(29,30)31)14-23(17)24-13-19-16-32-21(8-5-11-37-3)15-25(19)34(2)27(24)36/h17-25,32H,4-16H2,1-3H3,(H,33,35). The minimum absolute atomic E-state index is 0.0583. The van der Waals surface area contributed by atoms with Crippen LogP contribution in [-0.4, -0.2) is 68.3 Å². The second kappa shape index (κ2) is 12.2. The summed E-state index contributed by atoms with van der Waals surface area (Å²) in [5, 5.41) is 6.81. The average molecular weight is 530 g/mol. The summed E-state index contributed by atoms with van der Waals surface area (Å²) in [6, 6.07) is 0.610. The van der Waals surface area contributed by atoms with Gasteiger partial charge >= 0.3 is 6.18 Å². The van der Waals surface area contributed by atoms with Crippen LogP contribution in [-0.2, 0) is 14.3 Å². The minimum atomic E-state index is -4.23. The number of carbonyl (C=O) groups excluding carboxylic acids is 2. The Hall–Kier alpha value is -1.35. The van der Waals surface area contributed by atoms with Crippen LogP contribution in [0.5, 0.6) is 0 Å². The second-order valence-electron chi connectivity index (χ2n) is 12.4. The fourth-order valence-corrected chi connectivity index (χ4v) is 7.73. The Kier molecular flexibility index (Phi) is 9.47. The number of carbonyl (C=O) groups is 2. The zero-order valence-corrected chi connectivity index (χ0v) is 22.7. The van der Waals surface area contributed by atoms with E-state index in [4.69, 9.17) is 4.74 Å². The molecule has 4 fully saturated rings. The van der Waals surface area contributed by atoms with Gasteiger partial charge in [0.2, 0.25) is 11.8 Å². The highest BCUT2D eigenvalue weighted by molar-refractivity contribution is 5.80. The fourth-order valence-electron chi connectivity index (χ4n) is 7.73. The van der Waals surface area contributed by atoms with Crippen molar-refractivity contribution >= 4 is 11.8 Å². The molecule has 9 atom stereocenters. The third-order valence-corrected chi connectivity index (χ3v) is 9.99. The highest BCUT2D eigenvalue weighted by Gasteiger charge is 2.48. The van der Waals surface area contributed by atoms with E-state index in [1.54, 1.807) is 7.11 Å². The van der Waals surface area contributed by atoms with E-state index in [-0.39, 0.29) is 48.6 Å². The molecule has 9 unspecified atom stereocenters. The van der Waals surface area contributed by atoms with Gasteiger partial charge in [0.05, 0.1) is 5.92 Å². The number of nitrogens with one attached hydrogen (secondary N) is 2. The number of ether oxygens (including phenoxy) is 1. The van der Waals surface area contributed by atoms with Crippen molar-refractivity contribution in [1.29, 1.82) is 0 Å². The summed E-state index contributed by atoms with van der Waals surface area (Å²) in [4.78, 5) is 28.6. The van der Waals surface area contributed by atoms with Gasteiger partial charge in [-0.05, 0) is 82.0 Å². The first-order valence-corrected chi connectivity index (χ1v) is 14.4. The van der Waals surface area contributed by atoms with Crippen molar-refractivity contribution in [3.05, 3.63) is 0 Å². The Morgan fingerprint density at radius 2 is 1.92 bits per heavy atom. The summed E-state index contributed by atoms with van der Waals surface area (Å²) in [6.07, 6.45) is 3.15. The van der Waals surface area contributed by atoms with Crippen molar-refractivity contribution < 1.29 is 27.5 Å². The molecule has 2 saturated heterocycles. The molecule has 2 N–H and O–H groups in total. The first kappa shape index (κ1) is 28.7. The van der Waals surface area contributed by atoms with Gasteiger partial charge < -0.3 is 20.3 Å². The molecule has 212 valence electrons. The monoisotopic (exact) mass is 529 g/mol. The smallest absolute Gasteiger partial charge is 0.385 e. The summed E-state index contributed by atoms with van der Waals surface area (Å²) >= 11 is 0. The van der Waals surface area contributed by atoms with Crippen LogP contribution in [0, 0.1) is 35.5 Å². The number of alkyl halides is 3. The first-order valence-electron chi connectivity index (χ1n) is 14.4. The maximum atomic E-state index is 13.6. The third-order valence-electron chi connectivity index (χ3n) is 9.99. The zero-order chi connectivity index (χ0) is 26.7. The summed E-state index contributed by atoms with van der Waals surface area (Å²) in [6.45, 7) is 3.88. The molecular weight excluding hydrogens is 483 g/mol. The lowest BCUT2D eigenvalue weighted by molar-refractivity contribution is -0.186. The molecular formula is C28H46F3N3O3.